The van der Waals surface area contributed by atoms with Crippen molar-refractivity contribution in [1.29, 1.82) is 5.26 Å². The van der Waals surface area contributed by atoms with Gasteiger partial charge in [0.25, 0.3) is 5.56 Å². The van der Waals surface area contributed by atoms with E-state index in [-0.39, 0.29) is 11.5 Å². The van der Waals surface area contributed by atoms with Gasteiger partial charge in [-0.05, 0) is 43.2 Å². The number of aromatic nitrogens is 1. The summed E-state index contributed by atoms with van der Waals surface area (Å²) in [5, 5.41) is 15.8. The van der Waals surface area contributed by atoms with E-state index in [0.717, 1.165) is 27.8 Å². The lowest BCUT2D eigenvalue weighted by atomic mass is 10.0. The van der Waals surface area contributed by atoms with E-state index >= 15 is 0 Å². The van der Waals surface area contributed by atoms with Gasteiger partial charge in [0, 0.05) is 22.4 Å². The number of thiophene rings is 1. The van der Waals surface area contributed by atoms with Crippen LogP contribution in [0.15, 0.2) is 64.8 Å². The fourth-order valence-electron chi connectivity index (χ4n) is 3.75. The van der Waals surface area contributed by atoms with Gasteiger partial charge in [-0.3, -0.25) is 14.2 Å². The number of fused-ring (bicyclic) bond motifs is 1. The number of pyridine rings is 1. The van der Waals surface area contributed by atoms with Crippen LogP contribution < -0.4 is 15.6 Å². The van der Waals surface area contributed by atoms with Crippen LogP contribution >= 0.6 is 11.3 Å². The van der Waals surface area contributed by atoms with Crippen molar-refractivity contribution in [2.24, 2.45) is 0 Å². The number of benzene rings is 2. The van der Waals surface area contributed by atoms with Crippen LogP contribution in [0.3, 0.4) is 0 Å². The molecule has 0 fully saturated rings. The SMILES string of the molecule is COc1ccc(-c2csc(NC(=O)C(C)n3c(=O)cc(C)c4ccccc43)c2C#N)cc1. The number of ether oxygens (including phenoxy) is 1. The summed E-state index contributed by atoms with van der Waals surface area (Å²) in [4.78, 5) is 25.8. The van der Waals surface area contributed by atoms with Crippen molar-refractivity contribution in [2.75, 3.05) is 12.4 Å². The van der Waals surface area contributed by atoms with E-state index in [1.807, 2.05) is 60.8 Å². The molecule has 4 rings (SSSR count). The maximum Gasteiger partial charge on any atom is 0.252 e. The Balaban J connectivity index is 1.67. The quantitative estimate of drug-likeness (QED) is 0.464. The number of hydrogen-bond acceptors (Lipinski definition) is 5. The number of carbonyl (C=O) groups excluding carboxylic acids is 1. The van der Waals surface area contributed by atoms with Gasteiger partial charge >= 0.3 is 0 Å². The molecule has 0 saturated heterocycles. The van der Waals surface area contributed by atoms with Gasteiger partial charge < -0.3 is 10.1 Å². The molecule has 1 amide bonds. The zero-order valence-electron chi connectivity index (χ0n) is 17.9. The standard InChI is InChI=1S/C25H21N3O3S/c1-15-12-23(29)28(22-7-5-4-6-19(15)22)16(2)24(30)27-25-20(13-26)21(14-32-25)17-8-10-18(31-3)11-9-17/h4-12,14,16H,1-3H3,(H,27,30). The van der Waals surface area contributed by atoms with E-state index in [9.17, 15) is 14.9 Å². The Morgan fingerprint density at radius 3 is 2.59 bits per heavy atom. The summed E-state index contributed by atoms with van der Waals surface area (Å²) in [6, 6.07) is 17.9. The molecular formula is C25H21N3O3S. The Hall–Kier alpha value is -3.89. The van der Waals surface area contributed by atoms with Gasteiger partial charge in [0.05, 0.1) is 18.2 Å². The van der Waals surface area contributed by atoms with Crippen LogP contribution in [-0.4, -0.2) is 17.6 Å². The molecule has 2 aromatic heterocycles. The van der Waals surface area contributed by atoms with E-state index in [1.165, 1.54) is 15.9 Å². The largest absolute Gasteiger partial charge is 0.497 e. The topological polar surface area (TPSA) is 84.1 Å². The molecule has 0 spiro atoms. The number of carbonyl (C=O) groups is 1. The fourth-order valence-corrected chi connectivity index (χ4v) is 4.67. The molecule has 160 valence electrons. The number of anilines is 1. The average molecular weight is 444 g/mol. The minimum atomic E-state index is -0.758. The predicted octanol–water partition coefficient (Wildman–Crippen LogP) is 5.12. The molecule has 0 aliphatic heterocycles. The summed E-state index contributed by atoms with van der Waals surface area (Å²) in [5.74, 6) is 0.362. The number of para-hydroxylation sites is 1. The zero-order valence-corrected chi connectivity index (χ0v) is 18.7. The number of nitriles is 1. The van der Waals surface area contributed by atoms with Crippen LogP contribution in [0.1, 0.15) is 24.1 Å². The number of aryl methyl sites for hydroxylation is 1. The van der Waals surface area contributed by atoms with E-state index in [1.54, 1.807) is 20.1 Å². The minimum absolute atomic E-state index is 0.241. The molecule has 2 heterocycles. The Labute approximate surface area is 189 Å². The van der Waals surface area contributed by atoms with Crippen molar-refractivity contribution in [2.45, 2.75) is 19.9 Å². The van der Waals surface area contributed by atoms with Crippen molar-refractivity contribution >= 4 is 33.1 Å². The predicted molar refractivity (Wildman–Crippen MR) is 127 cm³/mol. The van der Waals surface area contributed by atoms with Gasteiger partial charge in [0.15, 0.2) is 0 Å². The van der Waals surface area contributed by atoms with Crippen LogP contribution in [-0.2, 0) is 4.79 Å². The first kappa shape index (κ1) is 21.3. The summed E-state index contributed by atoms with van der Waals surface area (Å²) < 4.78 is 6.68. The number of hydrogen-bond donors (Lipinski definition) is 1. The van der Waals surface area contributed by atoms with Gasteiger partial charge in [-0.25, -0.2) is 0 Å². The number of amides is 1. The lowest BCUT2D eigenvalue weighted by molar-refractivity contribution is -0.118. The average Bonchev–Trinajstić information content (AvgIpc) is 3.21. The maximum atomic E-state index is 13.1. The third-order valence-corrected chi connectivity index (χ3v) is 6.37. The number of methoxy groups -OCH3 is 1. The van der Waals surface area contributed by atoms with Gasteiger partial charge in [-0.15, -0.1) is 11.3 Å². The second-order valence-electron chi connectivity index (χ2n) is 7.41. The Bertz CT molecular complexity index is 1410. The maximum absolute atomic E-state index is 13.1. The van der Waals surface area contributed by atoms with Crippen molar-refractivity contribution in [3.8, 4) is 22.9 Å². The van der Waals surface area contributed by atoms with Crippen molar-refractivity contribution in [1.82, 2.24) is 4.57 Å². The highest BCUT2D eigenvalue weighted by atomic mass is 32.1. The Morgan fingerprint density at radius 2 is 1.91 bits per heavy atom. The third kappa shape index (κ3) is 3.77. The molecule has 0 bridgehead atoms. The Morgan fingerprint density at radius 1 is 1.19 bits per heavy atom. The van der Waals surface area contributed by atoms with Gasteiger partial charge in [0.1, 0.15) is 22.9 Å². The molecule has 2 aromatic carbocycles. The molecule has 4 aromatic rings. The van der Waals surface area contributed by atoms with Crippen LogP contribution in [0.5, 0.6) is 5.75 Å². The molecule has 1 unspecified atom stereocenters. The summed E-state index contributed by atoms with van der Waals surface area (Å²) in [5.41, 5.74) is 3.31. The highest BCUT2D eigenvalue weighted by molar-refractivity contribution is 7.15. The second kappa shape index (κ2) is 8.69. The highest BCUT2D eigenvalue weighted by Gasteiger charge is 2.22. The summed E-state index contributed by atoms with van der Waals surface area (Å²) in [6.45, 7) is 3.56. The van der Waals surface area contributed by atoms with Crippen LogP contribution in [0.4, 0.5) is 5.00 Å². The van der Waals surface area contributed by atoms with Crippen molar-refractivity contribution in [3.63, 3.8) is 0 Å². The monoisotopic (exact) mass is 443 g/mol. The number of nitrogens with one attached hydrogen (secondary N) is 1. The van der Waals surface area contributed by atoms with Crippen LogP contribution in [0.25, 0.3) is 22.0 Å². The molecule has 6 nitrogen and oxygen atoms in total. The molecule has 7 heteroatoms. The summed E-state index contributed by atoms with van der Waals surface area (Å²) in [6.07, 6.45) is 0. The fraction of sp³-hybridized carbons (Fsp3) is 0.160. The minimum Gasteiger partial charge on any atom is -0.497 e. The zero-order chi connectivity index (χ0) is 22.8. The highest BCUT2D eigenvalue weighted by Crippen LogP contribution is 2.36. The number of rotatable bonds is 5. The molecule has 1 atom stereocenters. The van der Waals surface area contributed by atoms with Crippen LogP contribution in [0.2, 0.25) is 0 Å². The van der Waals surface area contributed by atoms with E-state index < -0.39 is 6.04 Å². The van der Waals surface area contributed by atoms with E-state index in [4.69, 9.17) is 4.74 Å². The first-order valence-corrected chi connectivity index (χ1v) is 10.9. The second-order valence-corrected chi connectivity index (χ2v) is 8.29. The molecule has 0 aliphatic carbocycles. The van der Waals surface area contributed by atoms with Crippen molar-refractivity contribution < 1.29 is 9.53 Å². The van der Waals surface area contributed by atoms with Gasteiger partial charge in [0.2, 0.25) is 5.91 Å². The Kier molecular flexibility index (Phi) is 5.80. The first-order chi connectivity index (χ1) is 15.4. The molecule has 32 heavy (non-hydrogen) atoms. The van der Waals surface area contributed by atoms with Crippen molar-refractivity contribution in [3.05, 3.63) is 81.5 Å². The van der Waals surface area contributed by atoms with Crippen LogP contribution in [0, 0.1) is 18.3 Å². The summed E-state index contributed by atoms with van der Waals surface area (Å²) >= 11 is 1.28. The smallest absolute Gasteiger partial charge is 0.252 e. The van der Waals surface area contributed by atoms with Gasteiger partial charge in [-0.2, -0.15) is 5.26 Å². The normalized spacial score (nSPS) is 11.7. The van der Waals surface area contributed by atoms with Gasteiger partial charge in [-0.1, -0.05) is 30.3 Å². The lowest BCUT2D eigenvalue weighted by Gasteiger charge is -2.18. The lowest BCUT2D eigenvalue weighted by Crippen LogP contribution is -2.31. The third-order valence-electron chi connectivity index (χ3n) is 5.47. The first-order valence-electron chi connectivity index (χ1n) is 10.0. The molecule has 0 aliphatic rings. The van der Waals surface area contributed by atoms with E-state index in [2.05, 4.69) is 11.4 Å². The summed E-state index contributed by atoms with van der Waals surface area (Å²) in [7, 11) is 1.59. The molecule has 0 radical (unpaired) electrons. The molecular weight excluding hydrogens is 422 g/mol. The molecule has 0 saturated carbocycles. The van der Waals surface area contributed by atoms with E-state index in [0.29, 0.717) is 16.1 Å². The molecule has 1 N–H and O–H groups in total. The number of nitrogens with zero attached hydrogens (tertiary/aromatic N) is 2.